The second-order valence-electron chi connectivity index (χ2n) is 4.12. The first kappa shape index (κ1) is 17.0. The van der Waals surface area contributed by atoms with Crippen molar-refractivity contribution in [3.05, 3.63) is 0 Å². The number of halogens is 1. The lowest BCUT2D eigenvalue weighted by Crippen LogP contribution is -2.20. The summed E-state index contributed by atoms with van der Waals surface area (Å²) in [6, 6.07) is 3.99. The first-order chi connectivity index (χ1) is 7.83. The number of hydrogen-bond acceptors (Lipinski definition) is 5. The van der Waals surface area contributed by atoms with Crippen molar-refractivity contribution >= 4 is 27.6 Å². The highest BCUT2D eigenvalue weighted by molar-refractivity contribution is 14.2. The predicted octanol–water partition coefficient (Wildman–Crippen LogP) is 3.77. The molecule has 0 N–H and O–H groups in total. The molecule has 0 aliphatic heterocycles. The highest BCUT2D eigenvalue weighted by atomic mass is 127. The fourth-order valence-corrected chi connectivity index (χ4v) is 5.22. The van der Waals surface area contributed by atoms with E-state index in [0.717, 1.165) is 0 Å². The van der Waals surface area contributed by atoms with Crippen LogP contribution in [0.15, 0.2) is 0 Å². The first-order valence-corrected chi connectivity index (χ1v) is 9.48. The molecule has 0 saturated carbocycles. The van der Waals surface area contributed by atoms with E-state index < -0.39 is 11.2 Å². The van der Waals surface area contributed by atoms with Crippen LogP contribution in [0.2, 0.25) is 0 Å². The Kier molecular flexibility index (Phi) is 8.19. The van der Waals surface area contributed by atoms with Crippen LogP contribution in [0.1, 0.15) is 33.6 Å². The quantitative estimate of drug-likeness (QED) is 0.387. The van der Waals surface area contributed by atoms with Crippen LogP contribution in [0.4, 0.5) is 0 Å². The summed E-state index contributed by atoms with van der Waals surface area (Å²) in [5.41, 5.74) is -2.88. The van der Waals surface area contributed by atoms with E-state index in [1.165, 1.54) is 0 Å². The van der Waals surface area contributed by atoms with Gasteiger partial charge in [-0.2, -0.15) is 24.1 Å². The van der Waals surface area contributed by atoms with E-state index in [-0.39, 0.29) is 13.2 Å². The van der Waals surface area contributed by atoms with Gasteiger partial charge in [-0.25, -0.2) is 0 Å². The van der Waals surface area contributed by atoms with Crippen molar-refractivity contribution in [1.82, 2.24) is 0 Å². The molecule has 0 aromatic rings. The molecule has 0 radical (unpaired) electrons. The standard InChI is InChI=1S/C10H17IN2O3P/c1-10(2,3)16-17(11,14-8-4-6-12)15-9-5-7-13/h4-5,8-9H2,1-3H3/q+1. The lowest BCUT2D eigenvalue weighted by Gasteiger charge is -2.23. The zero-order valence-corrected chi connectivity index (χ0v) is 13.3. The second-order valence-corrected chi connectivity index (χ2v) is 9.22. The SMILES string of the molecule is CC(C)(C)O[P+](I)(OCCC#N)OCCC#N. The smallest absolute Gasteiger partial charge is 0.198 e. The number of hydrogen-bond donors (Lipinski definition) is 0. The van der Waals surface area contributed by atoms with Crippen LogP contribution in [0, 0.1) is 22.7 Å². The third-order valence-corrected chi connectivity index (χ3v) is 5.31. The minimum Gasteiger partial charge on any atom is -0.198 e. The molecule has 0 unspecified atom stereocenters. The van der Waals surface area contributed by atoms with E-state index in [0.29, 0.717) is 12.8 Å². The fraction of sp³-hybridized carbons (Fsp3) is 0.800. The van der Waals surface area contributed by atoms with Gasteiger partial charge in [0.15, 0.2) is 0 Å². The summed E-state index contributed by atoms with van der Waals surface area (Å²) >= 11 is 2.01. The number of nitrogens with zero attached hydrogens (tertiary/aromatic N) is 2. The molecular weight excluding hydrogens is 354 g/mol. The van der Waals surface area contributed by atoms with Crippen molar-refractivity contribution in [2.45, 2.75) is 39.2 Å². The van der Waals surface area contributed by atoms with Crippen LogP contribution in [0.25, 0.3) is 0 Å². The normalized spacial score (nSPS) is 11.9. The molecule has 0 aromatic carbocycles. The molecule has 17 heavy (non-hydrogen) atoms. The van der Waals surface area contributed by atoms with Crippen LogP contribution in [-0.4, -0.2) is 18.8 Å². The highest BCUT2D eigenvalue weighted by Gasteiger charge is 2.47. The Morgan fingerprint density at radius 3 is 1.76 bits per heavy atom. The van der Waals surface area contributed by atoms with Crippen LogP contribution in [0.3, 0.4) is 0 Å². The minimum absolute atomic E-state index is 0.274. The Morgan fingerprint density at radius 1 is 1.06 bits per heavy atom. The van der Waals surface area contributed by atoms with Crippen LogP contribution in [0.5, 0.6) is 0 Å². The maximum Gasteiger partial charge on any atom is 0.476 e. The van der Waals surface area contributed by atoms with E-state index in [1.807, 2.05) is 55.0 Å². The lowest BCUT2D eigenvalue weighted by molar-refractivity contribution is 0.0740. The fourth-order valence-electron chi connectivity index (χ4n) is 0.818. The maximum absolute atomic E-state index is 8.46. The highest BCUT2D eigenvalue weighted by Crippen LogP contribution is 2.71. The van der Waals surface area contributed by atoms with Gasteiger partial charge < -0.3 is 0 Å². The molecule has 0 atom stereocenters. The Labute approximate surface area is 116 Å². The van der Waals surface area contributed by atoms with E-state index in [2.05, 4.69) is 0 Å². The van der Waals surface area contributed by atoms with E-state index in [1.54, 1.807) is 0 Å². The van der Waals surface area contributed by atoms with Crippen molar-refractivity contribution in [3.63, 3.8) is 0 Å². The zero-order valence-electron chi connectivity index (χ0n) is 10.3. The Bertz CT molecular complexity index is 286. The van der Waals surface area contributed by atoms with Crippen molar-refractivity contribution in [2.75, 3.05) is 13.2 Å². The van der Waals surface area contributed by atoms with Crippen LogP contribution < -0.4 is 0 Å². The zero-order chi connectivity index (χ0) is 13.4. The Morgan fingerprint density at radius 2 is 1.47 bits per heavy atom. The first-order valence-electron chi connectivity index (χ1n) is 5.15. The molecule has 0 amide bonds. The largest absolute Gasteiger partial charge is 0.476 e. The van der Waals surface area contributed by atoms with Gasteiger partial charge in [-0.15, -0.1) is 0 Å². The molecule has 0 bridgehead atoms. The lowest BCUT2D eigenvalue weighted by atomic mass is 10.2. The Balaban J connectivity index is 4.36. The molecule has 0 fully saturated rings. The van der Waals surface area contributed by atoms with Crippen LogP contribution >= 0.6 is 27.6 Å². The molecule has 0 aliphatic carbocycles. The average molecular weight is 371 g/mol. The van der Waals surface area contributed by atoms with Gasteiger partial charge in [0, 0.05) is 0 Å². The maximum atomic E-state index is 8.46. The number of rotatable bonds is 7. The molecule has 0 aromatic heterocycles. The third kappa shape index (κ3) is 9.70. The average Bonchev–Trinajstić information content (AvgIpc) is 2.15. The van der Waals surface area contributed by atoms with Crippen LogP contribution in [-0.2, 0) is 13.6 Å². The van der Waals surface area contributed by atoms with E-state index >= 15 is 0 Å². The van der Waals surface area contributed by atoms with E-state index in [9.17, 15) is 0 Å². The summed E-state index contributed by atoms with van der Waals surface area (Å²) in [6.07, 6.45) is 0.583. The van der Waals surface area contributed by atoms with Crippen molar-refractivity contribution < 1.29 is 13.6 Å². The molecule has 5 nitrogen and oxygen atoms in total. The summed E-state index contributed by atoms with van der Waals surface area (Å²) in [5, 5.41) is 16.9. The molecule has 0 rings (SSSR count). The molecule has 0 saturated heterocycles. The molecule has 7 heteroatoms. The summed E-state index contributed by atoms with van der Waals surface area (Å²) in [7, 11) is 0. The van der Waals surface area contributed by atoms with Gasteiger partial charge in [0.25, 0.3) is 22.0 Å². The predicted molar refractivity (Wildman–Crippen MR) is 74.1 cm³/mol. The van der Waals surface area contributed by atoms with Gasteiger partial charge in [-0.05, 0) is 20.8 Å². The number of nitriles is 2. The molecular formula is C10H17IN2O3P+. The van der Waals surface area contributed by atoms with E-state index in [4.69, 9.17) is 24.1 Å². The molecule has 0 heterocycles. The minimum atomic E-state index is -2.48. The topological polar surface area (TPSA) is 75.3 Å². The van der Waals surface area contributed by atoms with Gasteiger partial charge in [0.2, 0.25) is 0 Å². The van der Waals surface area contributed by atoms with Gasteiger partial charge in [-0.3, -0.25) is 0 Å². The Hall–Kier alpha value is 0.0200. The van der Waals surface area contributed by atoms with Gasteiger partial charge in [0.1, 0.15) is 18.8 Å². The van der Waals surface area contributed by atoms with Gasteiger partial charge in [0.05, 0.1) is 25.0 Å². The second kappa shape index (κ2) is 8.18. The summed E-state index contributed by atoms with van der Waals surface area (Å²) in [5.74, 6) is 0. The molecule has 0 spiro atoms. The van der Waals surface area contributed by atoms with Crippen molar-refractivity contribution in [1.29, 1.82) is 10.5 Å². The molecule has 0 aliphatic rings. The van der Waals surface area contributed by atoms with Crippen molar-refractivity contribution in [3.8, 4) is 12.1 Å². The van der Waals surface area contributed by atoms with Gasteiger partial charge >= 0.3 is 5.59 Å². The monoisotopic (exact) mass is 371 g/mol. The van der Waals surface area contributed by atoms with Gasteiger partial charge in [-0.1, -0.05) is 0 Å². The summed E-state index contributed by atoms with van der Waals surface area (Å²) in [4.78, 5) is 0. The molecule has 96 valence electrons. The van der Waals surface area contributed by atoms with Crippen molar-refractivity contribution in [2.24, 2.45) is 0 Å². The summed E-state index contributed by atoms with van der Waals surface area (Å²) < 4.78 is 16.8. The summed E-state index contributed by atoms with van der Waals surface area (Å²) in [6.45, 7) is 6.26. The third-order valence-electron chi connectivity index (χ3n) is 1.30.